The van der Waals surface area contributed by atoms with Crippen LogP contribution >= 0.6 is 11.8 Å². The molecule has 0 aromatic heterocycles. The Bertz CT molecular complexity index is 446. The second kappa shape index (κ2) is 7.09. The molecular formula is C15H20FNO2S. The second-order valence-corrected chi connectivity index (χ2v) is 6.47. The number of aliphatic hydroxyl groups excluding tert-OH is 1. The number of aliphatic hydroxyl groups is 1. The van der Waals surface area contributed by atoms with Crippen molar-refractivity contribution in [3.63, 3.8) is 0 Å². The zero-order valence-electron chi connectivity index (χ0n) is 11.4. The van der Waals surface area contributed by atoms with E-state index in [0.29, 0.717) is 18.7 Å². The predicted octanol–water partition coefficient (Wildman–Crippen LogP) is 2.59. The number of amides is 1. The molecule has 1 saturated carbocycles. The largest absolute Gasteiger partial charge is 0.396 e. The molecule has 0 saturated heterocycles. The molecule has 1 aliphatic carbocycles. The average molecular weight is 297 g/mol. The molecule has 0 spiro atoms. The van der Waals surface area contributed by atoms with Gasteiger partial charge in [-0.05, 0) is 48.9 Å². The molecule has 0 aliphatic heterocycles. The van der Waals surface area contributed by atoms with Gasteiger partial charge in [0.05, 0.1) is 0 Å². The number of benzene rings is 1. The minimum absolute atomic E-state index is 0.0452. The van der Waals surface area contributed by atoms with Gasteiger partial charge in [0.25, 0.3) is 0 Å². The lowest BCUT2D eigenvalue weighted by Crippen LogP contribution is -2.30. The number of halogens is 1. The van der Waals surface area contributed by atoms with Crippen molar-refractivity contribution >= 4 is 17.7 Å². The summed E-state index contributed by atoms with van der Waals surface area (Å²) in [6, 6.07) is 6.29. The molecule has 2 N–H and O–H groups in total. The summed E-state index contributed by atoms with van der Waals surface area (Å²) >= 11 is 1.55. The van der Waals surface area contributed by atoms with Crippen LogP contribution in [0.3, 0.4) is 0 Å². The molecule has 1 aliphatic rings. The fourth-order valence-corrected chi connectivity index (χ4v) is 2.95. The van der Waals surface area contributed by atoms with E-state index in [1.165, 1.54) is 12.1 Å². The quantitative estimate of drug-likeness (QED) is 0.725. The van der Waals surface area contributed by atoms with Crippen molar-refractivity contribution in [2.75, 3.05) is 18.9 Å². The number of carbonyl (C=O) groups is 1. The van der Waals surface area contributed by atoms with Crippen LogP contribution in [0.2, 0.25) is 0 Å². The monoisotopic (exact) mass is 297 g/mol. The maximum absolute atomic E-state index is 12.7. The van der Waals surface area contributed by atoms with Gasteiger partial charge < -0.3 is 10.4 Å². The molecule has 2 rings (SSSR count). The topological polar surface area (TPSA) is 49.3 Å². The fourth-order valence-electron chi connectivity index (χ4n) is 2.10. The number of nitrogens with one attached hydrogen (secondary N) is 1. The molecule has 110 valence electrons. The summed E-state index contributed by atoms with van der Waals surface area (Å²) < 4.78 is 12.7. The van der Waals surface area contributed by atoms with Gasteiger partial charge in [-0.15, -0.1) is 11.8 Å². The maximum Gasteiger partial charge on any atom is 0.220 e. The number of hydrogen-bond acceptors (Lipinski definition) is 3. The van der Waals surface area contributed by atoms with E-state index in [1.54, 1.807) is 23.9 Å². The van der Waals surface area contributed by atoms with Crippen molar-refractivity contribution in [2.24, 2.45) is 5.41 Å². The van der Waals surface area contributed by atoms with E-state index in [4.69, 9.17) is 5.11 Å². The Labute approximate surface area is 123 Å². The zero-order chi connectivity index (χ0) is 14.4. The SMILES string of the molecule is O=C(CCSc1ccc(F)cc1)NCC1(CCO)CC1. The van der Waals surface area contributed by atoms with E-state index in [0.717, 1.165) is 24.2 Å². The highest BCUT2D eigenvalue weighted by Gasteiger charge is 2.41. The summed E-state index contributed by atoms with van der Waals surface area (Å²) in [6.07, 6.45) is 3.42. The van der Waals surface area contributed by atoms with Gasteiger partial charge in [0, 0.05) is 30.2 Å². The number of carbonyl (C=O) groups excluding carboxylic acids is 1. The molecule has 1 aromatic carbocycles. The summed E-state index contributed by atoms with van der Waals surface area (Å²) in [6.45, 7) is 0.865. The van der Waals surface area contributed by atoms with Crippen LogP contribution in [0.1, 0.15) is 25.7 Å². The molecule has 0 heterocycles. The van der Waals surface area contributed by atoms with Crippen molar-refractivity contribution in [3.8, 4) is 0 Å². The normalized spacial score (nSPS) is 15.9. The predicted molar refractivity (Wildman–Crippen MR) is 78.1 cm³/mol. The van der Waals surface area contributed by atoms with Crippen molar-refractivity contribution in [1.29, 1.82) is 0 Å². The second-order valence-electron chi connectivity index (χ2n) is 5.30. The minimum Gasteiger partial charge on any atom is -0.396 e. The first kappa shape index (κ1) is 15.3. The van der Waals surface area contributed by atoms with E-state index in [-0.39, 0.29) is 23.7 Å². The van der Waals surface area contributed by atoms with Gasteiger partial charge in [-0.25, -0.2) is 4.39 Å². The first-order chi connectivity index (χ1) is 9.63. The van der Waals surface area contributed by atoms with E-state index in [1.807, 2.05) is 0 Å². The summed E-state index contributed by atoms with van der Waals surface area (Å²) in [5.41, 5.74) is 0.161. The summed E-state index contributed by atoms with van der Waals surface area (Å²) in [5.74, 6) is 0.485. The van der Waals surface area contributed by atoms with Crippen LogP contribution in [0, 0.1) is 11.2 Å². The van der Waals surface area contributed by atoms with Gasteiger partial charge >= 0.3 is 0 Å². The molecule has 0 bridgehead atoms. The summed E-state index contributed by atoms with van der Waals surface area (Å²) in [5, 5.41) is 11.9. The molecule has 3 nitrogen and oxygen atoms in total. The van der Waals surface area contributed by atoms with Crippen molar-refractivity contribution in [2.45, 2.75) is 30.6 Å². The van der Waals surface area contributed by atoms with Crippen LogP contribution in [0.25, 0.3) is 0 Å². The van der Waals surface area contributed by atoms with Crippen LogP contribution in [-0.4, -0.2) is 29.9 Å². The number of thioether (sulfide) groups is 1. The standard InChI is InChI=1S/C15H20FNO2S/c16-12-1-3-13(4-2-12)20-10-5-14(19)17-11-15(6-7-15)8-9-18/h1-4,18H,5-11H2,(H,17,19). The highest BCUT2D eigenvalue weighted by atomic mass is 32.2. The third kappa shape index (κ3) is 4.80. The molecule has 1 amide bonds. The Morgan fingerprint density at radius 1 is 1.35 bits per heavy atom. The van der Waals surface area contributed by atoms with E-state index in [9.17, 15) is 9.18 Å². The van der Waals surface area contributed by atoms with E-state index in [2.05, 4.69) is 5.32 Å². The Balaban J connectivity index is 1.62. The highest BCUT2D eigenvalue weighted by molar-refractivity contribution is 7.99. The summed E-state index contributed by atoms with van der Waals surface area (Å²) in [7, 11) is 0. The van der Waals surface area contributed by atoms with E-state index >= 15 is 0 Å². The third-order valence-electron chi connectivity index (χ3n) is 3.67. The minimum atomic E-state index is -0.245. The molecule has 1 aromatic rings. The van der Waals surface area contributed by atoms with Gasteiger partial charge in [-0.2, -0.15) is 0 Å². The molecular weight excluding hydrogens is 277 g/mol. The lowest BCUT2D eigenvalue weighted by molar-refractivity contribution is -0.120. The van der Waals surface area contributed by atoms with Crippen LogP contribution in [-0.2, 0) is 4.79 Å². The Morgan fingerprint density at radius 3 is 2.65 bits per heavy atom. The zero-order valence-corrected chi connectivity index (χ0v) is 12.2. The van der Waals surface area contributed by atoms with Gasteiger partial charge in [0.1, 0.15) is 5.82 Å². The molecule has 20 heavy (non-hydrogen) atoms. The molecule has 5 heteroatoms. The Kier molecular flexibility index (Phi) is 5.43. The highest BCUT2D eigenvalue weighted by Crippen LogP contribution is 2.47. The number of rotatable bonds is 8. The number of hydrogen-bond donors (Lipinski definition) is 2. The fraction of sp³-hybridized carbons (Fsp3) is 0.533. The average Bonchev–Trinajstić information content (AvgIpc) is 3.20. The van der Waals surface area contributed by atoms with Gasteiger partial charge in [-0.1, -0.05) is 0 Å². The third-order valence-corrected chi connectivity index (χ3v) is 4.69. The van der Waals surface area contributed by atoms with Crippen LogP contribution in [0.15, 0.2) is 29.2 Å². The molecule has 1 fully saturated rings. The smallest absolute Gasteiger partial charge is 0.220 e. The summed E-state index contributed by atoms with van der Waals surface area (Å²) in [4.78, 5) is 12.7. The van der Waals surface area contributed by atoms with Gasteiger partial charge in [0.2, 0.25) is 5.91 Å². The van der Waals surface area contributed by atoms with Gasteiger partial charge in [-0.3, -0.25) is 4.79 Å². The first-order valence-electron chi connectivity index (χ1n) is 6.89. The Hall–Kier alpha value is -1.07. The lowest BCUT2D eigenvalue weighted by atomic mass is 10.0. The maximum atomic E-state index is 12.7. The van der Waals surface area contributed by atoms with Crippen molar-refractivity contribution < 1.29 is 14.3 Å². The molecule has 0 radical (unpaired) electrons. The van der Waals surface area contributed by atoms with Gasteiger partial charge in [0.15, 0.2) is 0 Å². The van der Waals surface area contributed by atoms with Crippen molar-refractivity contribution in [3.05, 3.63) is 30.1 Å². The van der Waals surface area contributed by atoms with Crippen molar-refractivity contribution in [1.82, 2.24) is 5.32 Å². The molecule has 0 atom stereocenters. The Morgan fingerprint density at radius 2 is 2.05 bits per heavy atom. The molecule has 0 unspecified atom stereocenters. The van der Waals surface area contributed by atoms with E-state index < -0.39 is 0 Å². The first-order valence-corrected chi connectivity index (χ1v) is 7.88. The van der Waals surface area contributed by atoms with Crippen LogP contribution in [0.5, 0.6) is 0 Å². The lowest BCUT2D eigenvalue weighted by Gasteiger charge is -2.14. The van der Waals surface area contributed by atoms with Crippen LogP contribution < -0.4 is 5.32 Å². The van der Waals surface area contributed by atoms with Crippen LogP contribution in [0.4, 0.5) is 4.39 Å².